The first-order valence-electron chi connectivity index (χ1n) is 4.48. The second-order valence-corrected chi connectivity index (χ2v) is 3.00. The lowest BCUT2D eigenvalue weighted by Crippen LogP contribution is -1.99. The summed E-state index contributed by atoms with van der Waals surface area (Å²) >= 11 is 0. The van der Waals surface area contributed by atoms with Crippen molar-refractivity contribution in [3.63, 3.8) is 0 Å². The van der Waals surface area contributed by atoms with Gasteiger partial charge < -0.3 is 0 Å². The van der Waals surface area contributed by atoms with Crippen LogP contribution in [0.2, 0.25) is 0 Å². The molecule has 1 radical (unpaired) electrons. The Morgan fingerprint density at radius 1 is 1.38 bits per heavy atom. The number of benzene rings is 1. The number of fused-ring (bicyclic) bond motifs is 1. The van der Waals surface area contributed by atoms with Gasteiger partial charge in [-0.1, -0.05) is 24.3 Å². The molecule has 0 amide bonds. The summed E-state index contributed by atoms with van der Waals surface area (Å²) in [5, 5.41) is 8.15. The van der Waals surface area contributed by atoms with Gasteiger partial charge in [0.25, 0.3) is 0 Å². The van der Waals surface area contributed by atoms with E-state index >= 15 is 0 Å². The SMILES string of the molecule is C[CH]CCn1nnc2ccccc21. The molecule has 0 spiro atoms. The van der Waals surface area contributed by atoms with E-state index in [0.717, 1.165) is 24.0 Å². The molecule has 0 atom stereocenters. The molecule has 1 aromatic heterocycles. The summed E-state index contributed by atoms with van der Waals surface area (Å²) in [4.78, 5) is 0. The van der Waals surface area contributed by atoms with E-state index < -0.39 is 0 Å². The monoisotopic (exact) mass is 174 g/mol. The van der Waals surface area contributed by atoms with Gasteiger partial charge >= 0.3 is 0 Å². The third-order valence-corrected chi connectivity index (χ3v) is 2.05. The molecule has 0 aliphatic carbocycles. The Morgan fingerprint density at radius 2 is 2.23 bits per heavy atom. The van der Waals surface area contributed by atoms with Gasteiger partial charge in [-0.25, -0.2) is 4.68 Å². The molecule has 1 heterocycles. The summed E-state index contributed by atoms with van der Waals surface area (Å²) < 4.78 is 1.94. The van der Waals surface area contributed by atoms with E-state index in [1.807, 2.05) is 28.9 Å². The van der Waals surface area contributed by atoms with E-state index in [-0.39, 0.29) is 0 Å². The van der Waals surface area contributed by atoms with Gasteiger partial charge in [-0.05, 0) is 25.0 Å². The molecule has 3 heteroatoms. The van der Waals surface area contributed by atoms with Crippen LogP contribution in [0.5, 0.6) is 0 Å². The number of unbranched alkanes of at least 4 members (excludes halogenated alkanes) is 1. The van der Waals surface area contributed by atoms with Crippen LogP contribution in [0.15, 0.2) is 24.3 Å². The Kier molecular flexibility index (Phi) is 2.25. The second-order valence-electron chi connectivity index (χ2n) is 3.00. The Balaban J connectivity index is 2.35. The third kappa shape index (κ3) is 1.54. The fourth-order valence-corrected chi connectivity index (χ4v) is 1.33. The molecule has 3 nitrogen and oxygen atoms in total. The number of aromatic nitrogens is 3. The first-order valence-corrected chi connectivity index (χ1v) is 4.48. The van der Waals surface area contributed by atoms with Crippen molar-refractivity contribution in [2.24, 2.45) is 0 Å². The van der Waals surface area contributed by atoms with Crippen molar-refractivity contribution < 1.29 is 0 Å². The van der Waals surface area contributed by atoms with Crippen LogP contribution in [-0.2, 0) is 6.54 Å². The first-order chi connectivity index (χ1) is 6.42. The van der Waals surface area contributed by atoms with E-state index in [9.17, 15) is 0 Å². The van der Waals surface area contributed by atoms with Crippen LogP contribution >= 0.6 is 0 Å². The zero-order valence-electron chi connectivity index (χ0n) is 7.64. The van der Waals surface area contributed by atoms with E-state index in [2.05, 4.69) is 23.7 Å². The summed E-state index contributed by atoms with van der Waals surface area (Å²) in [6, 6.07) is 8.02. The normalized spacial score (nSPS) is 10.8. The Hall–Kier alpha value is -1.38. The van der Waals surface area contributed by atoms with Gasteiger partial charge in [0.05, 0.1) is 5.52 Å². The van der Waals surface area contributed by atoms with Gasteiger partial charge in [-0.2, -0.15) is 0 Å². The topological polar surface area (TPSA) is 30.7 Å². The third-order valence-electron chi connectivity index (χ3n) is 2.05. The fourth-order valence-electron chi connectivity index (χ4n) is 1.33. The molecule has 0 aliphatic heterocycles. The second kappa shape index (κ2) is 3.56. The first kappa shape index (κ1) is 8.23. The van der Waals surface area contributed by atoms with Crippen LogP contribution in [0.3, 0.4) is 0 Å². The fraction of sp³-hybridized carbons (Fsp3) is 0.300. The molecular formula is C10H12N3. The van der Waals surface area contributed by atoms with Crippen LogP contribution in [-0.4, -0.2) is 15.0 Å². The molecule has 0 saturated carbocycles. The predicted octanol–water partition coefficient (Wildman–Crippen LogP) is 2.05. The summed E-state index contributed by atoms with van der Waals surface area (Å²) in [5.74, 6) is 0. The minimum Gasteiger partial charge on any atom is -0.245 e. The average Bonchev–Trinajstić information content (AvgIpc) is 2.58. The van der Waals surface area contributed by atoms with Crippen molar-refractivity contribution >= 4 is 11.0 Å². The molecule has 0 saturated heterocycles. The number of aryl methyl sites for hydroxylation is 1. The van der Waals surface area contributed by atoms with Gasteiger partial charge in [-0.3, -0.25) is 0 Å². The highest BCUT2D eigenvalue weighted by atomic mass is 15.4. The van der Waals surface area contributed by atoms with Gasteiger partial charge in [0, 0.05) is 6.54 Å². The lowest BCUT2D eigenvalue weighted by atomic mass is 10.3. The number of nitrogens with zero attached hydrogens (tertiary/aromatic N) is 3. The van der Waals surface area contributed by atoms with Crippen molar-refractivity contribution in [2.45, 2.75) is 19.9 Å². The number of rotatable bonds is 3. The number of para-hydroxylation sites is 1. The minimum atomic E-state index is 0.914. The maximum atomic E-state index is 4.08. The summed E-state index contributed by atoms with van der Waals surface area (Å²) in [6.45, 7) is 2.97. The minimum absolute atomic E-state index is 0.914. The van der Waals surface area contributed by atoms with Gasteiger partial charge in [0.1, 0.15) is 5.52 Å². The summed E-state index contributed by atoms with van der Waals surface area (Å²) in [7, 11) is 0. The highest BCUT2D eigenvalue weighted by Crippen LogP contribution is 2.09. The molecular weight excluding hydrogens is 162 g/mol. The summed E-state index contributed by atoms with van der Waals surface area (Å²) in [6.07, 6.45) is 3.17. The highest BCUT2D eigenvalue weighted by molar-refractivity contribution is 5.73. The van der Waals surface area contributed by atoms with E-state index in [4.69, 9.17) is 0 Å². The standard InChI is InChI=1S/C10H12N3/c1-2-3-8-13-10-7-5-4-6-9(10)11-12-13/h2,4-7H,3,8H2,1H3. The number of hydrogen-bond acceptors (Lipinski definition) is 2. The number of hydrogen-bond donors (Lipinski definition) is 0. The molecule has 2 aromatic rings. The lowest BCUT2D eigenvalue weighted by molar-refractivity contribution is 0.602. The van der Waals surface area contributed by atoms with Crippen LogP contribution < -0.4 is 0 Å². The summed E-state index contributed by atoms with van der Waals surface area (Å²) in [5.41, 5.74) is 2.09. The van der Waals surface area contributed by atoms with Crippen molar-refractivity contribution in [2.75, 3.05) is 0 Å². The zero-order valence-corrected chi connectivity index (χ0v) is 7.64. The van der Waals surface area contributed by atoms with E-state index in [1.165, 1.54) is 0 Å². The van der Waals surface area contributed by atoms with Gasteiger partial charge in [-0.15, -0.1) is 5.10 Å². The lowest BCUT2D eigenvalue weighted by Gasteiger charge is -1.98. The molecule has 0 aliphatic rings. The van der Waals surface area contributed by atoms with Gasteiger partial charge in [0.2, 0.25) is 0 Å². The maximum Gasteiger partial charge on any atom is 0.113 e. The molecule has 0 bridgehead atoms. The van der Waals surface area contributed by atoms with Crippen molar-refractivity contribution in [3.05, 3.63) is 30.7 Å². The van der Waals surface area contributed by atoms with Crippen molar-refractivity contribution in [1.82, 2.24) is 15.0 Å². The molecule has 1 aromatic carbocycles. The molecule has 0 fully saturated rings. The van der Waals surface area contributed by atoms with Crippen molar-refractivity contribution in [1.29, 1.82) is 0 Å². The predicted molar refractivity (Wildman–Crippen MR) is 52.1 cm³/mol. The zero-order chi connectivity index (χ0) is 9.10. The Labute approximate surface area is 77.4 Å². The van der Waals surface area contributed by atoms with E-state index in [1.54, 1.807) is 0 Å². The molecule has 0 unspecified atom stereocenters. The average molecular weight is 174 g/mol. The smallest absolute Gasteiger partial charge is 0.113 e. The Bertz CT molecular complexity index is 392. The molecule has 13 heavy (non-hydrogen) atoms. The Morgan fingerprint density at radius 3 is 3.08 bits per heavy atom. The maximum absolute atomic E-state index is 4.08. The quantitative estimate of drug-likeness (QED) is 0.713. The van der Waals surface area contributed by atoms with Crippen LogP contribution in [0.4, 0.5) is 0 Å². The van der Waals surface area contributed by atoms with Crippen LogP contribution in [0.1, 0.15) is 13.3 Å². The molecule has 67 valence electrons. The molecule has 2 rings (SSSR count). The van der Waals surface area contributed by atoms with E-state index in [0.29, 0.717) is 0 Å². The van der Waals surface area contributed by atoms with Crippen LogP contribution in [0.25, 0.3) is 11.0 Å². The van der Waals surface area contributed by atoms with Crippen LogP contribution in [0, 0.1) is 6.42 Å². The largest absolute Gasteiger partial charge is 0.245 e. The van der Waals surface area contributed by atoms with Gasteiger partial charge in [0.15, 0.2) is 0 Å². The molecule has 0 N–H and O–H groups in total. The highest BCUT2D eigenvalue weighted by Gasteiger charge is 2.00. The van der Waals surface area contributed by atoms with Crippen molar-refractivity contribution in [3.8, 4) is 0 Å².